The summed E-state index contributed by atoms with van der Waals surface area (Å²) in [5, 5.41) is 25.6. The zero-order valence-electron chi connectivity index (χ0n) is 21.6. The highest BCUT2D eigenvalue weighted by Crippen LogP contribution is 2.40. The predicted molar refractivity (Wildman–Crippen MR) is 151 cm³/mol. The van der Waals surface area contributed by atoms with Gasteiger partial charge in [-0.25, -0.2) is 0 Å². The molecule has 0 radical (unpaired) electrons. The van der Waals surface area contributed by atoms with E-state index in [2.05, 4.69) is 62.5 Å². The molecule has 196 valence electrons. The molecule has 3 heterocycles. The van der Waals surface area contributed by atoms with Crippen LogP contribution in [0.2, 0.25) is 5.02 Å². The van der Waals surface area contributed by atoms with Crippen LogP contribution in [0.3, 0.4) is 0 Å². The SMILES string of the molecule is CC(=NO)c1c2n(c3ccc(C)cc13)C[C@@](NC(=O)c1ccc(-n3cnnc3)cc1Cl)(c1ccccc1)CC2. The van der Waals surface area contributed by atoms with Crippen LogP contribution in [0.25, 0.3) is 16.6 Å². The third-order valence-electron chi connectivity index (χ3n) is 7.65. The van der Waals surface area contributed by atoms with Gasteiger partial charge in [-0.2, -0.15) is 0 Å². The van der Waals surface area contributed by atoms with Crippen molar-refractivity contribution in [2.45, 2.75) is 38.8 Å². The summed E-state index contributed by atoms with van der Waals surface area (Å²) >= 11 is 6.62. The van der Waals surface area contributed by atoms with Crippen molar-refractivity contribution in [3.8, 4) is 5.69 Å². The standard InChI is InChI=1S/C30H27ClN6O2/c1-19-8-11-26-24(14-19)28(20(2)35-39)27-12-13-30(16-37(26)27,21-6-4-3-5-7-21)34-29(38)23-10-9-22(15-25(23)31)36-17-32-33-18-36/h3-11,14-15,17-18,39H,12-13,16H2,1-2H3,(H,34,38)/t30-/m1/s1. The van der Waals surface area contributed by atoms with E-state index in [1.165, 1.54) is 0 Å². The summed E-state index contributed by atoms with van der Waals surface area (Å²) in [6.07, 6.45) is 4.51. The van der Waals surface area contributed by atoms with Crippen LogP contribution in [0.15, 0.2) is 84.5 Å². The second-order valence-corrected chi connectivity index (χ2v) is 10.5. The maximum Gasteiger partial charge on any atom is 0.253 e. The van der Waals surface area contributed by atoms with Gasteiger partial charge < -0.3 is 15.1 Å². The van der Waals surface area contributed by atoms with E-state index in [0.29, 0.717) is 35.7 Å². The Morgan fingerprint density at radius 2 is 1.85 bits per heavy atom. The molecular formula is C30H27ClN6O2. The minimum absolute atomic E-state index is 0.247. The summed E-state index contributed by atoms with van der Waals surface area (Å²) in [6.45, 7) is 4.40. The van der Waals surface area contributed by atoms with Gasteiger partial charge in [0.05, 0.1) is 28.4 Å². The molecule has 0 bridgehead atoms. The van der Waals surface area contributed by atoms with Gasteiger partial charge >= 0.3 is 0 Å². The number of amides is 1. The molecule has 0 saturated carbocycles. The number of rotatable bonds is 5. The van der Waals surface area contributed by atoms with Gasteiger partial charge in [0.1, 0.15) is 12.7 Å². The van der Waals surface area contributed by atoms with Crippen LogP contribution in [0.1, 0.15) is 46.1 Å². The molecule has 2 N–H and O–H groups in total. The number of halogens is 1. The van der Waals surface area contributed by atoms with E-state index >= 15 is 0 Å². The molecule has 5 aromatic rings. The smallest absolute Gasteiger partial charge is 0.253 e. The highest BCUT2D eigenvalue weighted by Gasteiger charge is 2.40. The summed E-state index contributed by atoms with van der Waals surface area (Å²) in [5.41, 5.74) is 6.30. The lowest BCUT2D eigenvalue weighted by atomic mass is 9.81. The van der Waals surface area contributed by atoms with Crippen molar-refractivity contribution in [2.24, 2.45) is 5.16 Å². The fraction of sp³-hybridized carbons (Fsp3) is 0.200. The van der Waals surface area contributed by atoms with E-state index in [1.807, 2.05) is 31.2 Å². The third kappa shape index (κ3) is 4.27. The van der Waals surface area contributed by atoms with Gasteiger partial charge in [-0.15, -0.1) is 10.2 Å². The molecule has 3 aromatic carbocycles. The molecular weight excluding hydrogens is 512 g/mol. The number of aromatic nitrogens is 4. The van der Waals surface area contributed by atoms with Crippen LogP contribution in [0.5, 0.6) is 0 Å². The molecule has 0 spiro atoms. The molecule has 8 nitrogen and oxygen atoms in total. The quantitative estimate of drug-likeness (QED) is 0.171. The molecule has 0 saturated heterocycles. The number of fused-ring (bicyclic) bond motifs is 3. The lowest BCUT2D eigenvalue weighted by Gasteiger charge is -2.40. The van der Waals surface area contributed by atoms with Crippen molar-refractivity contribution in [1.29, 1.82) is 0 Å². The number of hydrogen-bond donors (Lipinski definition) is 2. The van der Waals surface area contributed by atoms with Gasteiger partial charge in [-0.1, -0.05) is 58.7 Å². The van der Waals surface area contributed by atoms with Crippen LogP contribution < -0.4 is 5.32 Å². The number of aryl methyl sites for hydroxylation is 1. The lowest BCUT2D eigenvalue weighted by Crippen LogP contribution is -2.51. The van der Waals surface area contributed by atoms with Gasteiger partial charge in [0.2, 0.25) is 0 Å². The average Bonchev–Trinajstić information content (AvgIpc) is 3.59. The number of oxime groups is 1. The summed E-state index contributed by atoms with van der Waals surface area (Å²) < 4.78 is 3.99. The van der Waals surface area contributed by atoms with E-state index < -0.39 is 5.54 Å². The molecule has 0 aliphatic carbocycles. The molecule has 9 heteroatoms. The number of nitrogens with zero attached hydrogens (tertiary/aromatic N) is 5. The van der Waals surface area contributed by atoms with E-state index in [4.69, 9.17) is 11.6 Å². The second kappa shape index (κ2) is 9.71. The molecule has 39 heavy (non-hydrogen) atoms. The van der Waals surface area contributed by atoms with Crippen LogP contribution in [-0.4, -0.2) is 36.2 Å². The van der Waals surface area contributed by atoms with Crippen LogP contribution in [-0.2, 0) is 18.5 Å². The Morgan fingerprint density at radius 1 is 1.08 bits per heavy atom. The van der Waals surface area contributed by atoms with Crippen LogP contribution >= 0.6 is 11.6 Å². The molecule has 1 atom stereocenters. The number of carbonyl (C=O) groups excluding carboxylic acids is 1. The third-order valence-corrected chi connectivity index (χ3v) is 7.96. The molecule has 1 aliphatic heterocycles. The van der Waals surface area contributed by atoms with Crippen molar-refractivity contribution in [3.63, 3.8) is 0 Å². The van der Waals surface area contributed by atoms with E-state index in [1.54, 1.807) is 29.4 Å². The Kier molecular flexibility index (Phi) is 6.19. The molecule has 6 rings (SSSR count). The summed E-state index contributed by atoms with van der Waals surface area (Å²) in [4.78, 5) is 13.8. The maximum absolute atomic E-state index is 13.8. The van der Waals surface area contributed by atoms with Gasteiger partial charge in [0, 0.05) is 27.8 Å². The van der Waals surface area contributed by atoms with E-state index in [-0.39, 0.29) is 5.91 Å². The van der Waals surface area contributed by atoms with Crippen LogP contribution in [0, 0.1) is 6.92 Å². The van der Waals surface area contributed by atoms with E-state index in [0.717, 1.165) is 39.0 Å². The Labute approximate surface area is 230 Å². The Bertz CT molecular complexity index is 1730. The van der Waals surface area contributed by atoms with Crippen LogP contribution in [0.4, 0.5) is 0 Å². The minimum atomic E-state index is -0.681. The molecule has 2 aromatic heterocycles. The minimum Gasteiger partial charge on any atom is -0.411 e. The predicted octanol–water partition coefficient (Wildman–Crippen LogP) is 5.65. The zero-order chi connectivity index (χ0) is 27.1. The van der Waals surface area contributed by atoms with Gasteiger partial charge in [0.25, 0.3) is 5.91 Å². The largest absolute Gasteiger partial charge is 0.411 e. The zero-order valence-corrected chi connectivity index (χ0v) is 22.4. The first-order valence-electron chi connectivity index (χ1n) is 12.7. The van der Waals surface area contributed by atoms with Crippen molar-refractivity contribution >= 4 is 34.1 Å². The molecule has 1 amide bonds. The summed E-state index contributed by atoms with van der Waals surface area (Å²) in [5.74, 6) is -0.247. The first-order chi connectivity index (χ1) is 18.9. The first-order valence-corrected chi connectivity index (χ1v) is 13.1. The first kappa shape index (κ1) is 24.9. The number of carbonyl (C=O) groups is 1. The fourth-order valence-electron chi connectivity index (χ4n) is 5.73. The topological polar surface area (TPSA) is 97.3 Å². The Morgan fingerprint density at radius 3 is 2.56 bits per heavy atom. The molecule has 0 unspecified atom stereocenters. The summed E-state index contributed by atoms with van der Waals surface area (Å²) in [6, 6.07) is 21.7. The molecule has 1 aliphatic rings. The maximum atomic E-state index is 13.8. The van der Waals surface area contributed by atoms with Gasteiger partial charge in [-0.3, -0.25) is 9.36 Å². The van der Waals surface area contributed by atoms with Crippen molar-refractivity contribution < 1.29 is 10.0 Å². The van der Waals surface area contributed by atoms with Crippen molar-refractivity contribution in [1.82, 2.24) is 24.6 Å². The Hall–Kier alpha value is -4.43. The fourth-order valence-corrected chi connectivity index (χ4v) is 5.99. The number of nitrogens with one attached hydrogen (secondary N) is 1. The monoisotopic (exact) mass is 538 g/mol. The average molecular weight is 539 g/mol. The normalized spacial score (nSPS) is 17.3. The highest BCUT2D eigenvalue weighted by molar-refractivity contribution is 6.34. The molecule has 0 fully saturated rings. The van der Waals surface area contributed by atoms with Gasteiger partial charge in [0.15, 0.2) is 0 Å². The number of benzene rings is 3. The Balaban J connectivity index is 1.43. The second-order valence-electron chi connectivity index (χ2n) is 10.0. The van der Waals surface area contributed by atoms with E-state index in [9.17, 15) is 10.0 Å². The van der Waals surface area contributed by atoms with Crippen molar-refractivity contribution in [3.05, 3.63) is 112 Å². The number of hydrogen-bond acceptors (Lipinski definition) is 5. The van der Waals surface area contributed by atoms with Crippen molar-refractivity contribution in [2.75, 3.05) is 0 Å². The lowest BCUT2D eigenvalue weighted by molar-refractivity contribution is 0.0868. The highest BCUT2D eigenvalue weighted by atomic mass is 35.5. The summed E-state index contributed by atoms with van der Waals surface area (Å²) in [7, 11) is 0. The van der Waals surface area contributed by atoms with Gasteiger partial charge in [-0.05, 0) is 62.6 Å².